The van der Waals surface area contributed by atoms with Crippen LogP contribution in [0.1, 0.15) is 21.5 Å². The average Bonchev–Trinajstić information content (AvgIpc) is 2.58. The van der Waals surface area contributed by atoms with E-state index in [4.69, 9.17) is 0 Å². The molecule has 0 fully saturated rings. The number of likely N-dealkylation sites (N-methyl/N-ethyl adjacent to an activating group) is 2. The summed E-state index contributed by atoms with van der Waals surface area (Å²) >= 11 is 0. The molecule has 0 aliphatic carbocycles. The van der Waals surface area contributed by atoms with Crippen molar-refractivity contribution < 1.29 is 13.2 Å². The first kappa shape index (κ1) is 23.0. The molecule has 0 aliphatic rings. The number of aryl methyl sites for hydroxylation is 2. The molecule has 8 heteroatoms. The average molecular weight is 412 g/mol. The number of halogens is 1. The van der Waals surface area contributed by atoms with Gasteiger partial charge in [0.2, 0.25) is 0 Å². The number of carbonyl (C=O) groups excluding carboxylic acids is 1. The minimum Gasteiger partial charge on any atom is -0.340 e. The summed E-state index contributed by atoms with van der Waals surface area (Å²) in [4.78, 5) is 14.3. The van der Waals surface area contributed by atoms with Crippen LogP contribution in [-0.2, 0) is 10.0 Å². The number of benzene rings is 2. The Balaban J connectivity index is 0.00000364. The van der Waals surface area contributed by atoms with Crippen LogP contribution < -0.4 is 10.0 Å². The first-order valence-electron chi connectivity index (χ1n) is 8.35. The Morgan fingerprint density at radius 3 is 2.44 bits per heavy atom. The third-order valence-electron chi connectivity index (χ3n) is 4.06. The van der Waals surface area contributed by atoms with E-state index in [0.29, 0.717) is 24.3 Å². The summed E-state index contributed by atoms with van der Waals surface area (Å²) in [6, 6.07) is 11.7. The molecule has 0 unspecified atom stereocenters. The Morgan fingerprint density at radius 2 is 1.81 bits per heavy atom. The Bertz CT molecular complexity index is 901. The molecular formula is C19H26ClN3O3S. The lowest BCUT2D eigenvalue weighted by Gasteiger charge is -2.19. The zero-order valence-corrected chi connectivity index (χ0v) is 17.6. The molecule has 0 saturated heterocycles. The number of sulfonamides is 1. The van der Waals surface area contributed by atoms with Crippen LogP contribution in [0, 0.1) is 13.8 Å². The van der Waals surface area contributed by atoms with Crippen molar-refractivity contribution in [3.63, 3.8) is 0 Å². The Morgan fingerprint density at radius 1 is 1.11 bits per heavy atom. The van der Waals surface area contributed by atoms with Gasteiger partial charge in [0.1, 0.15) is 0 Å². The van der Waals surface area contributed by atoms with Crippen LogP contribution in [0.4, 0.5) is 5.69 Å². The van der Waals surface area contributed by atoms with Gasteiger partial charge in [-0.3, -0.25) is 9.52 Å². The SMILES string of the molecule is CNCCN(C)C(=O)c1cc(S(=O)(=O)Nc2cccc(C)c2)ccc1C.Cl. The highest BCUT2D eigenvalue weighted by Gasteiger charge is 2.20. The van der Waals surface area contributed by atoms with Crippen LogP contribution in [0.2, 0.25) is 0 Å². The van der Waals surface area contributed by atoms with E-state index in [1.165, 1.54) is 12.1 Å². The normalized spacial score (nSPS) is 10.8. The number of rotatable bonds is 7. The van der Waals surface area contributed by atoms with Crippen LogP contribution in [0.3, 0.4) is 0 Å². The van der Waals surface area contributed by atoms with Crippen molar-refractivity contribution in [2.24, 2.45) is 0 Å². The van der Waals surface area contributed by atoms with Crippen molar-refractivity contribution in [1.29, 1.82) is 0 Å². The number of hydrogen-bond donors (Lipinski definition) is 2. The molecule has 2 N–H and O–H groups in total. The zero-order valence-electron chi connectivity index (χ0n) is 15.9. The predicted octanol–water partition coefficient (Wildman–Crippen LogP) is 2.82. The molecule has 0 saturated carbocycles. The summed E-state index contributed by atoms with van der Waals surface area (Å²) in [7, 11) is -0.266. The maximum absolute atomic E-state index is 12.7. The third kappa shape index (κ3) is 5.95. The molecule has 1 amide bonds. The maximum atomic E-state index is 12.7. The van der Waals surface area contributed by atoms with Crippen LogP contribution in [-0.4, -0.2) is 46.4 Å². The van der Waals surface area contributed by atoms with E-state index in [9.17, 15) is 13.2 Å². The molecule has 0 aromatic heterocycles. The second kappa shape index (κ2) is 9.73. The van der Waals surface area contributed by atoms with Crippen molar-refractivity contribution in [3.8, 4) is 0 Å². The molecule has 6 nitrogen and oxygen atoms in total. The smallest absolute Gasteiger partial charge is 0.261 e. The molecule has 0 heterocycles. The van der Waals surface area contributed by atoms with Crippen LogP contribution in [0.15, 0.2) is 47.4 Å². The lowest BCUT2D eigenvalue weighted by Crippen LogP contribution is -2.33. The van der Waals surface area contributed by atoms with E-state index >= 15 is 0 Å². The second-order valence-electron chi connectivity index (χ2n) is 6.28. The van der Waals surface area contributed by atoms with Crippen LogP contribution in [0.25, 0.3) is 0 Å². The summed E-state index contributed by atoms with van der Waals surface area (Å²) < 4.78 is 28.0. The van der Waals surface area contributed by atoms with Crippen LogP contribution >= 0.6 is 12.4 Å². The molecule has 2 rings (SSSR count). The first-order chi connectivity index (χ1) is 12.2. The van der Waals surface area contributed by atoms with E-state index in [2.05, 4.69) is 10.0 Å². The van der Waals surface area contributed by atoms with E-state index in [-0.39, 0.29) is 23.2 Å². The lowest BCUT2D eigenvalue weighted by molar-refractivity contribution is 0.0796. The largest absolute Gasteiger partial charge is 0.340 e. The molecule has 148 valence electrons. The minimum absolute atomic E-state index is 0. The topological polar surface area (TPSA) is 78.5 Å². The summed E-state index contributed by atoms with van der Waals surface area (Å²) in [6.45, 7) is 4.88. The Hall–Kier alpha value is -2.09. The quantitative estimate of drug-likeness (QED) is 0.734. The summed E-state index contributed by atoms with van der Waals surface area (Å²) in [5.74, 6) is -0.203. The van der Waals surface area contributed by atoms with Gasteiger partial charge in [-0.25, -0.2) is 8.42 Å². The summed E-state index contributed by atoms with van der Waals surface area (Å²) in [5.41, 5.74) is 2.57. The second-order valence-corrected chi connectivity index (χ2v) is 7.96. The van der Waals surface area contributed by atoms with Crippen molar-refractivity contribution in [1.82, 2.24) is 10.2 Å². The third-order valence-corrected chi connectivity index (χ3v) is 5.44. The van der Waals surface area contributed by atoms with Crippen molar-refractivity contribution in [2.45, 2.75) is 18.7 Å². The molecule has 0 radical (unpaired) electrons. The first-order valence-corrected chi connectivity index (χ1v) is 9.83. The van der Waals surface area contributed by atoms with Crippen LogP contribution in [0.5, 0.6) is 0 Å². The van der Waals surface area contributed by atoms with Gasteiger partial charge < -0.3 is 10.2 Å². The number of nitrogens with zero attached hydrogens (tertiary/aromatic N) is 1. The predicted molar refractivity (Wildman–Crippen MR) is 111 cm³/mol. The Kier molecular flexibility index (Phi) is 8.27. The molecule has 0 spiro atoms. The van der Waals surface area contributed by atoms with Gasteiger partial charge in [0.05, 0.1) is 4.90 Å². The van der Waals surface area contributed by atoms with E-state index in [1.54, 1.807) is 43.1 Å². The van der Waals surface area contributed by atoms with Crippen molar-refractivity contribution >= 4 is 34.0 Å². The van der Waals surface area contributed by atoms with Crippen molar-refractivity contribution in [2.75, 3.05) is 31.9 Å². The highest BCUT2D eigenvalue weighted by Crippen LogP contribution is 2.20. The summed E-state index contributed by atoms with van der Waals surface area (Å²) in [5, 5.41) is 2.99. The fraction of sp³-hybridized carbons (Fsp3) is 0.316. The van der Waals surface area contributed by atoms with Gasteiger partial charge in [-0.1, -0.05) is 18.2 Å². The molecular weight excluding hydrogens is 386 g/mol. The molecule has 2 aromatic rings. The van der Waals surface area contributed by atoms with E-state index < -0.39 is 10.0 Å². The molecule has 2 aromatic carbocycles. The standard InChI is InChI=1S/C19H25N3O3S.ClH/c1-14-6-5-7-16(12-14)21-26(24,25)17-9-8-15(2)18(13-17)19(23)22(4)11-10-20-3;/h5-9,12-13,20-21H,10-11H2,1-4H3;1H. The van der Waals surface area contributed by atoms with Gasteiger partial charge in [0, 0.05) is 31.4 Å². The fourth-order valence-electron chi connectivity index (χ4n) is 2.51. The number of anilines is 1. The number of nitrogens with one attached hydrogen (secondary N) is 2. The van der Waals surface area contributed by atoms with E-state index in [1.807, 2.05) is 20.0 Å². The molecule has 0 aliphatic heterocycles. The van der Waals surface area contributed by atoms with Gasteiger partial charge >= 0.3 is 0 Å². The fourth-order valence-corrected chi connectivity index (χ4v) is 3.58. The minimum atomic E-state index is -3.78. The lowest BCUT2D eigenvalue weighted by atomic mass is 10.1. The molecule has 27 heavy (non-hydrogen) atoms. The highest BCUT2D eigenvalue weighted by atomic mass is 35.5. The van der Waals surface area contributed by atoms with Gasteiger partial charge in [-0.2, -0.15) is 0 Å². The van der Waals surface area contributed by atoms with E-state index in [0.717, 1.165) is 11.1 Å². The number of amides is 1. The zero-order chi connectivity index (χ0) is 19.3. The van der Waals surface area contributed by atoms with Gasteiger partial charge in [0.15, 0.2) is 0 Å². The highest BCUT2D eigenvalue weighted by molar-refractivity contribution is 7.92. The van der Waals surface area contributed by atoms with Gasteiger partial charge in [-0.05, 0) is 56.3 Å². The van der Waals surface area contributed by atoms with Crippen molar-refractivity contribution in [3.05, 3.63) is 59.2 Å². The number of hydrogen-bond acceptors (Lipinski definition) is 4. The molecule has 0 bridgehead atoms. The van der Waals surface area contributed by atoms with Gasteiger partial charge in [0.25, 0.3) is 15.9 Å². The molecule has 0 atom stereocenters. The summed E-state index contributed by atoms with van der Waals surface area (Å²) in [6.07, 6.45) is 0. The number of carbonyl (C=O) groups is 1. The Labute approximate surface area is 167 Å². The monoisotopic (exact) mass is 411 g/mol. The van der Waals surface area contributed by atoms with Gasteiger partial charge in [-0.15, -0.1) is 12.4 Å². The maximum Gasteiger partial charge on any atom is 0.261 e.